The van der Waals surface area contributed by atoms with E-state index in [9.17, 15) is 9.59 Å². The van der Waals surface area contributed by atoms with Crippen molar-refractivity contribution in [1.82, 2.24) is 4.90 Å². The molecule has 0 spiro atoms. The summed E-state index contributed by atoms with van der Waals surface area (Å²) >= 11 is 0. The molecule has 0 aromatic heterocycles. The van der Waals surface area contributed by atoms with Crippen LogP contribution in [0.4, 0.5) is 4.79 Å². The molecule has 1 heterocycles. The summed E-state index contributed by atoms with van der Waals surface area (Å²) < 4.78 is 5.49. The van der Waals surface area contributed by atoms with Crippen LogP contribution in [0.15, 0.2) is 0 Å². The number of esters is 1. The smallest absolute Gasteiger partial charge is 0.314 e. The topological polar surface area (TPSA) is 72.6 Å². The molecule has 0 bridgehead atoms. The summed E-state index contributed by atoms with van der Waals surface area (Å²) in [6, 6.07) is -0.452. The van der Waals surface area contributed by atoms with Gasteiger partial charge in [0, 0.05) is 19.0 Å². The third kappa shape index (κ3) is 2.50. The van der Waals surface area contributed by atoms with Crippen molar-refractivity contribution in [2.24, 2.45) is 28.4 Å². The van der Waals surface area contributed by atoms with Gasteiger partial charge in [0.15, 0.2) is 0 Å². The minimum atomic E-state index is -0.452. The van der Waals surface area contributed by atoms with Gasteiger partial charge in [-0.05, 0) is 23.7 Å². The van der Waals surface area contributed by atoms with Crippen LogP contribution in [0, 0.1) is 22.7 Å². The number of hydrogen-bond donors (Lipinski definition) is 1. The number of ether oxygens (including phenoxy) is 1. The fourth-order valence-corrected chi connectivity index (χ4v) is 3.40. The lowest BCUT2D eigenvalue weighted by Gasteiger charge is -2.30. The highest BCUT2D eigenvalue weighted by molar-refractivity contribution is 5.76. The van der Waals surface area contributed by atoms with Crippen LogP contribution >= 0.6 is 0 Å². The Balaban J connectivity index is 1.83. The van der Waals surface area contributed by atoms with Gasteiger partial charge in [-0.3, -0.25) is 4.79 Å². The van der Waals surface area contributed by atoms with Crippen LogP contribution in [0.5, 0.6) is 0 Å². The van der Waals surface area contributed by atoms with E-state index in [0.29, 0.717) is 25.6 Å². The highest BCUT2D eigenvalue weighted by Gasteiger charge is 2.64. The molecule has 5 heteroatoms. The first kappa shape index (κ1) is 15.1. The normalized spacial score (nSPS) is 28.0. The minimum Gasteiger partial charge on any atom is -0.465 e. The van der Waals surface area contributed by atoms with Crippen molar-refractivity contribution in [2.45, 2.75) is 40.5 Å². The third-order valence-corrected chi connectivity index (χ3v) is 5.78. The van der Waals surface area contributed by atoms with Gasteiger partial charge in [0.25, 0.3) is 0 Å². The number of hydrogen-bond acceptors (Lipinski definition) is 3. The van der Waals surface area contributed by atoms with Crippen molar-refractivity contribution in [1.29, 1.82) is 0 Å². The molecule has 1 aliphatic carbocycles. The van der Waals surface area contributed by atoms with Crippen molar-refractivity contribution in [3.63, 3.8) is 0 Å². The molecule has 5 nitrogen and oxygen atoms in total. The standard InChI is InChI=1S/C15H26N2O3/c1-14(2)11(15(14,3)4)9-20-12(18)10-6-5-7-17(8-10)13(16)19/h10-11H,5-9H2,1-4H3,(H2,16,19)/t10-/m1/s1. The van der Waals surface area contributed by atoms with Gasteiger partial charge in [-0.2, -0.15) is 0 Å². The highest BCUT2D eigenvalue weighted by Crippen LogP contribution is 2.68. The number of rotatable bonds is 3. The molecule has 0 aromatic carbocycles. The van der Waals surface area contributed by atoms with Crippen LogP contribution < -0.4 is 5.73 Å². The van der Waals surface area contributed by atoms with Gasteiger partial charge >= 0.3 is 12.0 Å². The Kier molecular flexibility index (Phi) is 3.73. The molecule has 0 unspecified atom stereocenters. The molecule has 1 saturated heterocycles. The van der Waals surface area contributed by atoms with E-state index in [1.165, 1.54) is 4.90 Å². The summed E-state index contributed by atoms with van der Waals surface area (Å²) in [5.74, 6) is 0.00505. The first-order valence-corrected chi connectivity index (χ1v) is 7.39. The first-order chi connectivity index (χ1) is 9.18. The lowest BCUT2D eigenvalue weighted by atomic mass is 9.98. The van der Waals surface area contributed by atoms with Crippen molar-refractivity contribution < 1.29 is 14.3 Å². The van der Waals surface area contributed by atoms with Crippen molar-refractivity contribution in [2.75, 3.05) is 19.7 Å². The molecule has 20 heavy (non-hydrogen) atoms. The molecule has 2 aliphatic rings. The number of carbonyl (C=O) groups excluding carboxylic acids is 2. The Bertz CT molecular complexity index is 403. The zero-order chi connectivity index (χ0) is 15.1. The van der Waals surface area contributed by atoms with Crippen LogP contribution in [0.1, 0.15) is 40.5 Å². The van der Waals surface area contributed by atoms with E-state index in [2.05, 4.69) is 27.7 Å². The Labute approximate surface area is 120 Å². The average molecular weight is 282 g/mol. The van der Waals surface area contributed by atoms with Crippen molar-refractivity contribution in [3.8, 4) is 0 Å². The summed E-state index contributed by atoms with van der Waals surface area (Å²) in [6.07, 6.45) is 1.59. The number of nitrogens with zero attached hydrogens (tertiary/aromatic N) is 1. The van der Waals surface area contributed by atoms with E-state index in [4.69, 9.17) is 10.5 Å². The van der Waals surface area contributed by atoms with Crippen LogP contribution in [-0.2, 0) is 9.53 Å². The first-order valence-electron chi connectivity index (χ1n) is 7.39. The van der Waals surface area contributed by atoms with Crippen LogP contribution in [0.25, 0.3) is 0 Å². The number of nitrogens with two attached hydrogens (primary N) is 1. The van der Waals surface area contributed by atoms with Gasteiger partial charge in [-0.15, -0.1) is 0 Å². The van der Waals surface area contributed by atoms with E-state index in [1.807, 2.05) is 0 Å². The van der Waals surface area contributed by atoms with Crippen molar-refractivity contribution >= 4 is 12.0 Å². The quantitative estimate of drug-likeness (QED) is 0.805. The zero-order valence-corrected chi connectivity index (χ0v) is 12.9. The molecule has 0 radical (unpaired) electrons. The predicted octanol–water partition coefficient (Wildman–Crippen LogP) is 2.00. The Morgan fingerprint density at radius 3 is 2.35 bits per heavy atom. The molecular formula is C15H26N2O3. The van der Waals surface area contributed by atoms with E-state index < -0.39 is 6.03 Å². The highest BCUT2D eigenvalue weighted by atomic mass is 16.5. The summed E-state index contributed by atoms with van der Waals surface area (Å²) in [4.78, 5) is 24.8. The maximum absolute atomic E-state index is 12.1. The van der Waals surface area contributed by atoms with E-state index >= 15 is 0 Å². The number of urea groups is 1. The number of piperidine rings is 1. The molecule has 1 atom stereocenters. The summed E-state index contributed by atoms with van der Waals surface area (Å²) in [5.41, 5.74) is 5.71. The number of carbonyl (C=O) groups is 2. The fraction of sp³-hybridized carbons (Fsp3) is 0.867. The largest absolute Gasteiger partial charge is 0.465 e. The molecular weight excluding hydrogens is 256 g/mol. The van der Waals surface area contributed by atoms with Gasteiger partial charge in [0.05, 0.1) is 12.5 Å². The lowest BCUT2D eigenvalue weighted by Crippen LogP contribution is -2.45. The molecule has 2 amide bonds. The molecule has 2 fully saturated rings. The number of primary amides is 1. The van der Waals surface area contributed by atoms with E-state index in [1.54, 1.807) is 0 Å². The molecule has 1 aliphatic heterocycles. The molecule has 2 N–H and O–H groups in total. The van der Waals surface area contributed by atoms with E-state index in [0.717, 1.165) is 12.8 Å². The van der Waals surface area contributed by atoms with Gasteiger partial charge in [-0.1, -0.05) is 27.7 Å². The second kappa shape index (κ2) is 4.93. The molecule has 2 rings (SSSR count). The number of likely N-dealkylation sites (tertiary alicyclic amines) is 1. The second-order valence-corrected chi connectivity index (χ2v) is 7.25. The summed E-state index contributed by atoms with van der Waals surface area (Å²) in [7, 11) is 0. The fourth-order valence-electron chi connectivity index (χ4n) is 3.40. The Hall–Kier alpha value is -1.26. The third-order valence-electron chi connectivity index (χ3n) is 5.78. The average Bonchev–Trinajstić information content (AvgIpc) is 2.77. The molecule has 114 valence electrons. The van der Waals surface area contributed by atoms with Crippen molar-refractivity contribution in [3.05, 3.63) is 0 Å². The van der Waals surface area contributed by atoms with Gasteiger partial charge < -0.3 is 15.4 Å². The lowest BCUT2D eigenvalue weighted by molar-refractivity contribution is -0.150. The molecule has 0 aromatic rings. The minimum absolute atomic E-state index is 0.186. The maximum Gasteiger partial charge on any atom is 0.314 e. The van der Waals surface area contributed by atoms with Gasteiger partial charge in [-0.25, -0.2) is 4.79 Å². The Morgan fingerprint density at radius 2 is 1.85 bits per heavy atom. The van der Waals surface area contributed by atoms with Gasteiger partial charge in [0.1, 0.15) is 0 Å². The van der Waals surface area contributed by atoms with Crippen LogP contribution in [-0.4, -0.2) is 36.6 Å². The monoisotopic (exact) mass is 282 g/mol. The van der Waals surface area contributed by atoms with Gasteiger partial charge in [0.2, 0.25) is 0 Å². The summed E-state index contributed by atoms with van der Waals surface area (Å²) in [5, 5.41) is 0. The second-order valence-electron chi connectivity index (χ2n) is 7.25. The van der Waals surface area contributed by atoms with Crippen LogP contribution in [0.3, 0.4) is 0 Å². The van der Waals surface area contributed by atoms with Crippen LogP contribution in [0.2, 0.25) is 0 Å². The summed E-state index contributed by atoms with van der Waals surface area (Å²) in [6.45, 7) is 10.4. The van der Waals surface area contributed by atoms with E-state index in [-0.39, 0.29) is 22.7 Å². The number of amides is 2. The Morgan fingerprint density at radius 1 is 1.25 bits per heavy atom. The predicted molar refractivity (Wildman–Crippen MR) is 75.9 cm³/mol. The zero-order valence-electron chi connectivity index (χ0n) is 12.9. The SMILES string of the molecule is CC1(C)C(COC(=O)[C@@H]2CCCN(C(N)=O)C2)C1(C)C. The molecule has 1 saturated carbocycles. The maximum atomic E-state index is 12.1.